The Hall–Kier alpha value is -2.56. The SMILES string of the molecule is C=CC(=O)N1C[C@@H](n2ncc(C(N)=O)c2NC)C[C@@H]1COC(F)(F)F. The van der Waals surface area contributed by atoms with Gasteiger partial charge < -0.3 is 16.0 Å². The molecule has 0 unspecified atom stereocenters. The van der Waals surface area contributed by atoms with Crippen LogP contribution in [-0.4, -0.2) is 59.1 Å². The van der Waals surface area contributed by atoms with Crippen molar-refractivity contribution in [1.29, 1.82) is 0 Å². The van der Waals surface area contributed by atoms with E-state index in [4.69, 9.17) is 5.73 Å². The van der Waals surface area contributed by atoms with Gasteiger partial charge in [-0.05, 0) is 12.5 Å². The zero-order chi connectivity index (χ0) is 18.8. The second-order valence-corrected chi connectivity index (χ2v) is 5.46. The Bertz CT molecular complexity index is 673. The van der Waals surface area contributed by atoms with Crippen LogP contribution in [-0.2, 0) is 9.53 Å². The molecule has 2 amide bonds. The van der Waals surface area contributed by atoms with E-state index in [1.165, 1.54) is 15.8 Å². The molecule has 1 fully saturated rings. The molecule has 2 rings (SSSR count). The summed E-state index contributed by atoms with van der Waals surface area (Å²) in [6.07, 6.45) is -2.32. The molecule has 0 aromatic carbocycles. The fourth-order valence-electron chi connectivity index (χ4n) is 2.87. The molecule has 138 valence electrons. The number of aromatic nitrogens is 2. The van der Waals surface area contributed by atoms with E-state index in [2.05, 4.69) is 21.7 Å². The molecule has 0 radical (unpaired) electrons. The third-order valence-electron chi connectivity index (χ3n) is 3.93. The predicted molar refractivity (Wildman–Crippen MR) is 81.7 cm³/mol. The van der Waals surface area contributed by atoms with Crippen molar-refractivity contribution >= 4 is 17.6 Å². The molecule has 0 saturated carbocycles. The Morgan fingerprint density at radius 3 is 2.76 bits per heavy atom. The largest absolute Gasteiger partial charge is 0.522 e. The normalized spacial score (nSPS) is 20.6. The molecule has 1 aromatic heterocycles. The molecule has 0 bridgehead atoms. The average Bonchev–Trinajstić information content (AvgIpc) is 3.14. The minimum atomic E-state index is -4.79. The highest BCUT2D eigenvalue weighted by atomic mass is 19.4. The average molecular weight is 361 g/mol. The third-order valence-corrected chi connectivity index (χ3v) is 3.93. The molecule has 2 heterocycles. The van der Waals surface area contributed by atoms with Crippen molar-refractivity contribution < 1.29 is 27.5 Å². The standard InChI is InChI=1S/C14H18F3N5O3/c1-3-11(23)21-6-8(4-9(21)7-25-14(15,16)17)22-13(19-2)10(5-20-22)12(18)24/h3,5,8-9,19H,1,4,6-7H2,2H3,(H2,18,24)/t8-,9+/m0/s1. The van der Waals surface area contributed by atoms with Crippen molar-refractivity contribution in [1.82, 2.24) is 14.7 Å². The number of rotatable bonds is 6. The Labute approximate surface area is 141 Å². The quantitative estimate of drug-likeness (QED) is 0.733. The second-order valence-electron chi connectivity index (χ2n) is 5.46. The zero-order valence-electron chi connectivity index (χ0n) is 13.4. The van der Waals surface area contributed by atoms with Gasteiger partial charge in [0.25, 0.3) is 5.91 Å². The van der Waals surface area contributed by atoms with Crippen LogP contribution in [0.15, 0.2) is 18.9 Å². The molecule has 3 N–H and O–H groups in total. The van der Waals surface area contributed by atoms with Gasteiger partial charge in [-0.25, -0.2) is 4.68 Å². The molecule has 1 aliphatic rings. The highest BCUT2D eigenvalue weighted by Gasteiger charge is 2.40. The number of nitrogens with two attached hydrogens (primary N) is 1. The van der Waals surface area contributed by atoms with Crippen LogP contribution in [0, 0.1) is 0 Å². The molecule has 2 atom stereocenters. The van der Waals surface area contributed by atoms with E-state index in [0.717, 1.165) is 6.08 Å². The van der Waals surface area contributed by atoms with Crippen LogP contribution in [0.4, 0.5) is 19.0 Å². The van der Waals surface area contributed by atoms with Crippen molar-refractivity contribution in [2.45, 2.75) is 24.9 Å². The highest BCUT2D eigenvalue weighted by Crippen LogP contribution is 2.32. The summed E-state index contributed by atoms with van der Waals surface area (Å²) in [7, 11) is 1.56. The van der Waals surface area contributed by atoms with Gasteiger partial charge in [0.15, 0.2) is 0 Å². The number of carbonyl (C=O) groups excluding carboxylic acids is 2. The number of hydrogen-bond acceptors (Lipinski definition) is 5. The summed E-state index contributed by atoms with van der Waals surface area (Å²) in [6, 6.07) is -1.25. The number of halogens is 3. The lowest BCUT2D eigenvalue weighted by molar-refractivity contribution is -0.327. The smallest absolute Gasteiger partial charge is 0.373 e. The lowest BCUT2D eigenvalue weighted by Gasteiger charge is -2.23. The summed E-state index contributed by atoms with van der Waals surface area (Å²) in [5, 5.41) is 6.88. The van der Waals surface area contributed by atoms with Gasteiger partial charge in [0, 0.05) is 13.6 Å². The summed E-state index contributed by atoms with van der Waals surface area (Å²) >= 11 is 0. The van der Waals surface area contributed by atoms with Crippen LogP contribution in [0.2, 0.25) is 0 Å². The first-order valence-electron chi connectivity index (χ1n) is 7.36. The summed E-state index contributed by atoms with van der Waals surface area (Å²) in [5.74, 6) is -0.864. The van der Waals surface area contributed by atoms with Crippen LogP contribution >= 0.6 is 0 Å². The van der Waals surface area contributed by atoms with Crippen molar-refractivity contribution in [2.75, 3.05) is 25.5 Å². The van der Waals surface area contributed by atoms with Gasteiger partial charge in [-0.3, -0.25) is 14.3 Å². The van der Waals surface area contributed by atoms with E-state index >= 15 is 0 Å². The van der Waals surface area contributed by atoms with Crippen molar-refractivity contribution in [3.63, 3.8) is 0 Å². The maximum Gasteiger partial charge on any atom is 0.522 e. The maximum absolute atomic E-state index is 12.3. The number of primary amides is 1. The van der Waals surface area contributed by atoms with E-state index in [0.29, 0.717) is 5.82 Å². The van der Waals surface area contributed by atoms with Crippen molar-refractivity contribution in [3.8, 4) is 0 Å². The van der Waals surface area contributed by atoms with Gasteiger partial charge in [-0.2, -0.15) is 5.10 Å². The van der Waals surface area contributed by atoms with Crippen LogP contribution in [0.5, 0.6) is 0 Å². The number of ether oxygens (including phenoxy) is 1. The van der Waals surface area contributed by atoms with Gasteiger partial charge in [0.1, 0.15) is 11.4 Å². The first-order valence-corrected chi connectivity index (χ1v) is 7.36. The molecule has 1 saturated heterocycles. The van der Waals surface area contributed by atoms with Gasteiger partial charge in [0.2, 0.25) is 5.91 Å². The number of likely N-dealkylation sites (tertiary alicyclic amines) is 1. The Kier molecular flexibility index (Phi) is 5.36. The minimum absolute atomic E-state index is 0.102. The lowest BCUT2D eigenvalue weighted by atomic mass is 10.2. The Morgan fingerprint density at radius 1 is 1.56 bits per heavy atom. The third kappa shape index (κ3) is 4.10. The van der Waals surface area contributed by atoms with Crippen LogP contribution in [0.25, 0.3) is 0 Å². The van der Waals surface area contributed by atoms with Gasteiger partial charge in [-0.1, -0.05) is 6.58 Å². The number of alkyl halides is 3. The predicted octanol–water partition coefficient (Wildman–Crippen LogP) is 0.888. The van der Waals surface area contributed by atoms with E-state index in [1.807, 2.05) is 0 Å². The molecule has 0 aliphatic carbocycles. The summed E-state index contributed by atoms with van der Waals surface area (Å²) in [5.41, 5.74) is 5.42. The Balaban J connectivity index is 2.25. The van der Waals surface area contributed by atoms with Crippen LogP contribution in [0.3, 0.4) is 0 Å². The second kappa shape index (κ2) is 7.13. The molecule has 0 spiro atoms. The maximum atomic E-state index is 12.3. The van der Waals surface area contributed by atoms with E-state index in [1.54, 1.807) is 7.05 Å². The van der Waals surface area contributed by atoms with Gasteiger partial charge in [-0.15, -0.1) is 13.2 Å². The molecule has 1 aliphatic heterocycles. The summed E-state index contributed by atoms with van der Waals surface area (Å²) < 4.78 is 42.3. The summed E-state index contributed by atoms with van der Waals surface area (Å²) in [6.45, 7) is 2.76. The fourth-order valence-corrected chi connectivity index (χ4v) is 2.87. The van der Waals surface area contributed by atoms with Crippen LogP contribution in [0.1, 0.15) is 22.8 Å². The lowest BCUT2D eigenvalue weighted by Crippen LogP contribution is -2.38. The Morgan fingerprint density at radius 2 is 2.24 bits per heavy atom. The minimum Gasteiger partial charge on any atom is -0.373 e. The molecule has 8 nitrogen and oxygen atoms in total. The number of nitrogens with zero attached hydrogens (tertiary/aromatic N) is 3. The molecular formula is C14H18F3N5O3. The molecule has 25 heavy (non-hydrogen) atoms. The number of carbonyl (C=O) groups is 2. The van der Waals surface area contributed by atoms with Crippen molar-refractivity contribution in [2.24, 2.45) is 5.73 Å². The fraction of sp³-hybridized carbons (Fsp3) is 0.500. The topological polar surface area (TPSA) is 102 Å². The first kappa shape index (κ1) is 18.8. The number of hydrogen-bond donors (Lipinski definition) is 2. The zero-order valence-corrected chi connectivity index (χ0v) is 13.4. The molecule has 11 heteroatoms. The first-order chi connectivity index (χ1) is 11.7. The number of anilines is 1. The summed E-state index contributed by atoms with van der Waals surface area (Å²) in [4.78, 5) is 24.6. The van der Waals surface area contributed by atoms with E-state index in [9.17, 15) is 22.8 Å². The van der Waals surface area contributed by atoms with Crippen molar-refractivity contribution in [3.05, 3.63) is 24.4 Å². The van der Waals surface area contributed by atoms with Gasteiger partial charge in [0.05, 0.1) is 24.9 Å². The monoisotopic (exact) mass is 361 g/mol. The van der Waals surface area contributed by atoms with Gasteiger partial charge >= 0.3 is 6.36 Å². The number of amides is 2. The highest BCUT2D eigenvalue weighted by molar-refractivity contribution is 5.97. The van der Waals surface area contributed by atoms with Crippen LogP contribution < -0.4 is 11.1 Å². The van der Waals surface area contributed by atoms with E-state index < -0.39 is 36.9 Å². The number of nitrogens with one attached hydrogen (secondary N) is 1. The molecule has 1 aromatic rings. The molecular weight excluding hydrogens is 343 g/mol. The van der Waals surface area contributed by atoms with E-state index in [-0.39, 0.29) is 18.5 Å².